The van der Waals surface area contributed by atoms with Crippen LogP contribution in [0.3, 0.4) is 0 Å². The van der Waals surface area contributed by atoms with Crippen LogP contribution in [0.5, 0.6) is 11.5 Å². The molecule has 1 saturated heterocycles. The van der Waals surface area contributed by atoms with Crippen molar-refractivity contribution in [2.24, 2.45) is 5.92 Å². The Balaban J connectivity index is 1.67. The molecule has 1 N–H and O–H groups in total. The zero-order valence-corrected chi connectivity index (χ0v) is 16.5. The number of thiophene rings is 1. The van der Waals surface area contributed by atoms with E-state index in [1.807, 2.05) is 12.3 Å². The van der Waals surface area contributed by atoms with Gasteiger partial charge in [0.05, 0.1) is 25.8 Å². The third-order valence-corrected chi connectivity index (χ3v) is 5.42. The lowest BCUT2D eigenvalue weighted by molar-refractivity contribution is -0.126. The number of amides is 2. The second-order valence-electron chi connectivity index (χ2n) is 6.69. The van der Waals surface area contributed by atoms with Crippen LogP contribution in [0.1, 0.15) is 18.9 Å². The van der Waals surface area contributed by atoms with Crippen LogP contribution >= 0.6 is 11.3 Å². The number of methoxy groups -OCH3 is 2. The van der Waals surface area contributed by atoms with Crippen LogP contribution in [0.2, 0.25) is 0 Å². The van der Waals surface area contributed by atoms with Gasteiger partial charge in [0.2, 0.25) is 11.8 Å². The molecule has 1 aromatic carbocycles. The number of carbonyl (C=O) groups is 2. The third kappa shape index (κ3) is 4.42. The highest BCUT2D eigenvalue weighted by molar-refractivity contribution is 7.07. The van der Waals surface area contributed by atoms with E-state index in [0.29, 0.717) is 23.7 Å². The molecule has 0 aliphatic carbocycles. The third-order valence-electron chi connectivity index (χ3n) is 4.68. The first-order valence-electron chi connectivity index (χ1n) is 8.85. The minimum absolute atomic E-state index is 0.0163. The van der Waals surface area contributed by atoms with Gasteiger partial charge >= 0.3 is 0 Å². The van der Waals surface area contributed by atoms with Crippen LogP contribution in [0, 0.1) is 5.92 Å². The van der Waals surface area contributed by atoms with Crippen molar-refractivity contribution in [2.75, 3.05) is 25.7 Å². The van der Waals surface area contributed by atoms with Crippen LogP contribution in [0.25, 0.3) is 0 Å². The summed E-state index contributed by atoms with van der Waals surface area (Å²) in [7, 11) is 3.13. The number of hydrogen-bond acceptors (Lipinski definition) is 5. The quantitative estimate of drug-likeness (QED) is 0.792. The van der Waals surface area contributed by atoms with Gasteiger partial charge < -0.3 is 19.7 Å². The highest BCUT2D eigenvalue weighted by Gasteiger charge is 2.36. The monoisotopic (exact) mass is 388 g/mol. The number of hydrogen-bond donors (Lipinski definition) is 1. The van der Waals surface area contributed by atoms with Gasteiger partial charge in [-0.25, -0.2) is 0 Å². The van der Waals surface area contributed by atoms with Crippen LogP contribution < -0.4 is 19.7 Å². The Bertz CT molecular complexity index is 806. The van der Waals surface area contributed by atoms with Gasteiger partial charge in [-0.05, 0) is 47.9 Å². The maximum Gasteiger partial charge on any atom is 0.227 e. The molecule has 1 aromatic heterocycles. The molecular formula is C20H24N2O4S. The SMILES string of the molecule is COc1ccc(OC)c(N2CC(C(=O)NC(C)Cc3ccsc3)CC2=O)c1. The van der Waals surface area contributed by atoms with Gasteiger partial charge in [-0.3, -0.25) is 9.59 Å². The molecular weight excluding hydrogens is 364 g/mol. The van der Waals surface area contributed by atoms with E-state index < -0.39 is 0 Å². The van der Waals surface area contributed by atoms with Crippen LogP contribution in [-0.4, -0.2) is 38.6 Å². The molecule has 1 fully saturated rings. The summed E-state index contributed by atoms with van der Waals surface area (Å²) in [6.45, 7) is 2.31. The molecule has 2 heterocycles. The summed E-state index contributed by atoms with van der Waals surface area (Å²) < 4.78 is 10.6. The van der Waals surface area contributed by atoms with Crippen molar-refractivity contribution in [3.8, 4) is 11.5 Å². The predicted octanol–water partition coefficient (Wildman–Crippen LogP) is 2.87. The lowest BCUT2D eigenvalue weighted by Gasteiger charge is -2.21. The fourth-order valence-electron chi connectivity index (χ4n) is 3.30. The maximum absolute atomic E-state index is 12.6. The number of anilines is 1. The van der Waals surface area contributed by atoms with Gasteiger partial charge in [0, 0.05) is 25.1 Å². The fraction of sp³-hybridized carbons (Fsp3) is 0.400. The van der Waals surface area contributed by atoms with Crippen molar-refractivity contribution in [1.29, 1.82) is 0 Å². The molecule has 7 heteroatoms. The Morgan fingerprint density at radius 1 is 1.33 bits per heavy atom. The van der Waals surface area contributed by atoms with Gasteiger partial charge in [-0.2, -0.15) is 11.3 Å². The van der Waals surface area contributed by atoms with Crippen molar-refractivity contribution >= 4 is 28.8 Å². The summed E-state index contributed by atoms with van der Waals surface area (Å²) in [4.78, 5) is 26.8. The van der Waals surface area contributed by atoms with E-state index in [2.05, 4.69) is 16.8 Å². The van der Waals surface area contributed by atoms with Gasteiger partial charge in [0.1, 0.15) is 11.5 Å². The Hall–Kier alpha value is -2.54. The minimum atomic E-state index is -0.377. The molecule has 2 amide bonds. The van der Waals surface area contributed by atoms with E-state index in [1.165, 1.54) is 5.56 Å². The molecule has 0 spiro atoms. The molecule has 2 unspecified atom stereocenters. The maximum atomic E-state index is 12.6. The summed E-state index contributed by atoms with van der Waals surface area (Å²) in [5.74, 6) is 0.660. The highest BCUT2D eigenvalue weighted by Crippen LogP contribution is 2.36. The average molecular weight is 388 g/mol. The average Bonchev–Trinajstić information content (AvgIpc) is 3.30. The zero-order valence-electron chi connectivity index (χ0n) is 15.7. The molecule has 144 valence electrons. The molecule has 0 saturated carbocycles. The lowest BCUT2D eigenvalue weighted by atomic mass is 10.1. The normalized spacial score (nSPS) is 17.7. The number of rotatable bonds is 7. The number of benzene rings is 1. The Morgan fingerprint density at radius 2 is 2.15 bits per heavy atom. The first kappa shape index (κ1) is 19.2. The fourth-order valence-corrected chi connectivity index (χ4v) is 3.98. The van der Waals surface area contributed by atoms with Gasteiger partial charge in [-0.15, -0.1) is 0 Å². The molecule has 3 rings (SSSR count). The Labute approximate surface area is 163 Å². The largest absolute Gasteiger partial charge is 0.497 e. The van der Waals surface area contributed by atoms with Crippen molar-refractivity contribution in [2.45, 2.75) is 25.8 Å². The molecule has 2 atom stereocenters. The highest BCUT2D eigenvalue weighted by atomic mass is 32.1. The summed E-state index contributed by atoms with van der Waals surface area (Å²) in [6, 6.07) is 7.37. The molecule has 0 bridgehead atoms. The van der Waals surface area contributed by atoms with Crippen molar-refractivity contribution in [1.82, 2.24) is 5.32 Å². The van der Waals surface area contributed by atoms with Crippen molar-refractivity contribution < 1.29 is 19.1 Å². The lowest BCUT2D eigenvalue weighted by Crippen LogP contribution is -2.39. The summed E-state index contributed by atoms with van der Waals surface area (Å²) in [5.41, 5.74) is 1.83. The van der Waals surface area contributed by atoms with E-state index in [-0.39, 0.29) is 30.2 Å². The predicted molar refractivity (Wildman–Crippen MR) is 106 cm³/mol. The molecule has 1 aliphatic rings. The summed E-state index contributed by atoms with van der Waals surface area (Å²) in [5, 5.41) is 7.14. The summed E-state index contributed by atoms with van der Waals surface area (Å²) >= 11 is 1.64. The Morgan fingerprint density at radius 3 is 2.81 bits per heavy atom. The Kier molecular flexibility index (Phi) is 6.01. The molecule has 1 aliphatic heterocycles. The first-order valence-corrected chi connectivity index (χ1v) is 9.80. The van der Waals surface area contributed by atoms with Gasteiger partial charge in [-0.1, -0.05) is 0 Å². The molecule has 2 aromatic rings. The minimum Gasteiger partial charge on any atom is -0.497 e. The number of nitrogens with zero attached hydrogens (tertiary/aromatic N) is 1. The van der Waals surface area contributed by atoms with Crippen molar-refractivity contribution in [3.63, 3.8) is 0 Å². The number of nitrogens with one attached hydrogen (secondary N) is 1. The van der Waals surface area contributed by atoms with Gasteiger partial charge in [0.25, 0.3) is 0 Å². The van der Waals surface area contributed by atoms with E-state index >= 15 is 0 Å². The molecule has 27 heavy (non-hydrogen) atoms. The number of ether oxygens (including phenoxy) is 2. The van der Waals surface area contributed by atoms with Crippen LogP contribution in [-0.2, 0) is 16.0 Å². The molecule has 0 radical (unpaired) electrons. The van der Waals surface area contributed by atoms with E-state index in [1.54, 1.807) is 48.7 Å². The standard InChI is InChI=1S/C20H24N2O4S/c1-13(8-14-6-7-27-12-14)21-20(24)15-9-19(23)22(11-15)17-10-16(25-2)4-5-18(17)26-3/h4-7,10,12-13,15H,8-9,11H2,1-3H3,(H,21,24). The molecule has 6 nitrogen and oxygen atoms in total. The van der Waals surface area contributed by atoms with Gasteiger partial charge in [0.15, 0.2) is 0 Å². The van der Waals surface area contributed by atoms with Crippen LogP contribution in [0.15, 0.2) is 35.0 Å². The van der Waals surface area contributed by atoms with Crippen molar-refractivity contribution in [3.05, 3.63) is 40.6 Å². The zero-order chi connectivity index (χ0) is 19.4. The van der Waals surface area contributed by atoms with E-state index in [0.717, 1.165) is 6.42 Å². The van der Waals surface area contributed by atoms with E-state index in [9.17, 15) is 9.59 Å². The van der Waals surface area contributed by atoms with E-state index in [4.69, 9.17) is 9.47 Å². The first-order chi connectivity index (χ1) is 13.0. The number of carbonyl (C=O) groups excluding carboxylic acids is 2. The smallest absolute Gasteiger partial charge is 0.227 e. The second kappa shape index (κ2) is 8.43. The van der Waals surface area contributed by atoms with Crippen LogP contribution in [0.4, 0.5) is 5.69 Å². The topological polar surface area (TPSA) is 67.9 Å². The summed E-state index contributed by atoms with van der Waals surface area (Å²) in [6.07, 6.45) is 0.973. The second-order valence-corrected chi connectivity index (χ2v) is 7.47.